The summed E-state index contributed by atoms with van der Waals surface area (Å²) in [6.07, 6.45) is 10.2. The van der Waals surface area contributed by atoms with Gasteiger partial charge in [0.15, 0.2) is 0 Å². The summed E-state index contributed by atoms with van der Waals surface area (Å²) in [6.45, 7) is 4.55. The first-order chi connectivity index (χ1) is 9.81. The molecule has 20 heavy (non-hydrogen) atoms. The van der Waals surface area contributed by atoms with E-state index in [-0.39, 0.29) is 0 Å². The number of hydrogen-bond donors (Lipinski definition) is 0. The highest BCUT2D eigenvalue weighted by molar-refractivity contribution is 9.11. The SMILES string of the molecule is CCCCC/C=C(\Br)C1CCCN1Cc1ccccc1. The zero-order chi connectivity index (χ0) is 14.2. The zero-order valence-electron chi connectivity index (χ0n) is 12.5. The van der Waals surface area contributed by atoms with Gasteiger partial charge in [-0.2, -0.15) is 0 Å². The van der Waals surface area contributed by atoms with Gasteiger partial charge in [0.2, 0.25) is 0 Å². The molecule has 1 fully saturated rings. The van der Waals surface area contributed by atoms with E-state index >= 15 is 0 Å². The van der Waals surface area contributed by atoms with E-state index in [1.54, 1.807) is 0 Å². The Labute approximate surface area is 132 Å². The minimum atomic E-state index is 0.594. The monoisotopic (exact) mass is 335 g/mol. The molecule has 1 heterocycles. The van der Waals surface area contributed by atoms with Crippen molar-refractivity contribution >= 4 is 15.9 Å². The molecule has 1 saturated heterocycles. The Kier molecular flexibility index (Phi) is 6.81. The number of unbranched alkanes of at least 4 members (excludes halogenated alkanes) is 3. The Balaban J connectivity index is 1.89. The third kappa shape index (κ3) is 4.75. The fraction of sp³-hybridized carbons (Fsp3) is 0.556. The van der Waals surface area contributed by atoms with Gasteiger partial charge in [0.25, 0.3) is 0 Å². The highest BCUT2D eigenvalue weighted by Crippen LogP contribution is 2.29. The Bertz CT molecular complexity index is 413. The van der Waals surface area contributed by atoms with E-state index in [1.807, 2.05) is 0 Å². The van der Waals surface area contributed by atoms with Crippen molar-refractivity contribution in [2.75, 3.05) is 6.54 Å². The van der Waals surface area contributed by atoms with Gasteiger partial charge in [-0.15, -0.1) is 0 Å². The van der Waals surface area contributed by atoms with Crippen LogP contribution >= 0.6 is 15.9 Å². The minimum absolute atomic E-state index is 0.594. The van der Waals surface area contributed by atoms with Gasteiger partial charge in [0.1, 0.15) is 0 Å². The largest absolute Gasteiger partial charge is 0.292 e. The summed E-state index contributed by atoms with van der Waals surface area (Å²) in [7, 11) is 0. The molecule has 0 saturated carbocycles. The minimum Gasteiger partial charge on any atom is -0.292 e. The smallest absolute Gasteiger partial charge is 0.0414 e. The number of halogens is 1. The van der Waals surface area contributed by atoms with Gasteiger partial charge in [-0.25, -0.2) is 0 Å². The maximum absolute atomic E-state index is 3.83. The highest BCUT2D eigenvalue weighted by atomic mass is 79.9. The fourth-order valence-corrected chi connectivity index (χ4v) is 3.66. The van der Waals surface area contributed by atoms with Gasteiger partial charge in [-0.05, 0) is 37.8 Å². The molecule has 1 unspecified atom stereocenters. The predicted octanol–water partition coefficient (Wildman–Crippen LogP) is 5.51. The van der Waals surface area contributed by atoms with Crippen LogP contribution in [0.1, 0.15) is 51.0 Å². The van der Waals surface area contributed by atoms with Crippen molar-refractivity contribution in [1.82, 2.24) is 4.90 Å². The molecule has 1 aliphatic heterocycles. The van der Waals surface area contributed by atoms with Crippen molar-refractivity contribution in [3.05, 3.63) is 46.5 Å². The Hall–Kier alpha value is -0.600. The van der Waals surface area contributed by atoms with Crippen LogP contribution < -0.4 is 0 Å². The number of nitrogens with zero attached hydrogens (tertiary/aromatic N) is 1. The van der Waals surface area contributed by atoms with Crippen molar-refractivity contribution in [2.45, 2.75) is 58.0 Å². The molecule has 0 aromatic heterocycles. The average Bonchev–Trinajstić information content (AvgIpc) is 2.93. The first-order valence-corrected chi connectivity index (χ1v) is 8.74. The van der Waals surface area contributed by atoms with Crippen LogP contribution in [0.5, 0.6) is 0 Å². The van der Waals surface area contributed by atoms with Gasteiger partial charge in [0, 0.05) is 17.1 Å². The van der Waals surface area contributed by atoms with Crippen molar-refractivity contribution in [2.24, 2.45) is 0 Å². The van der Waals surface area contributed by atoms with Crippen molar-refractivity contribution in [1.29, 1.82) is 0 Å². The normalized spacial score (nSPS) is 20.5. The molecule has 0 amide bonds. The van der Waals surface area contributed by atoms with E-state index in [9.17, 15) is 0 Å². The topological polar surface area (TPSA) is 3.24 Å². The summed E-state index contributed by atoms with van der Waals surface area (Å²) in [6, 6.07) is 11.4. The number of hydrogen-bond acceptors (Lipinski definition) is 1. The molecule has 0 spiro atoms. The second kappa shape index (κ2) is 8.63. The van der Waals surface area contributed by atoms with Gasteiger partial charge in [0.05, 0.1) is 0 Å². The molecule has 1 atom stereocenters. The molecule has 1 aromatic rings. The van der Waals surface area contributed by atoms with Crippen LogP contribution in [0.25, 0.3) is 0 Å². The Morgan fingerprint density at radius 3 is 2.85 bits per heavy atom. The number of rotatable bonds is 7. The lowest BCUT2D eigenvalue weighted by atomic mass is 10.1. The van der Waals surface area contributed by atoms with Crippen molar-refractivity contribution < 1.29 is 0 Å². The third-order valence-electron chi connectivity index (χ3n) is 4.06. The summed E-state index contributed by atoms with van der Waals surface area (Å²) in [5.41, 5.74) is 1.42. The summed E-state index contributed by atoms with van der Waals surface area (Å²) in [5, 5.41) is 0. The van der Waals surface area contributed by atoms with Crippen LogP contribution in [-0.2, 0) is 6.54 Å². The molecule has 0 N–H and O–H groups in total. The molecule has 0 radical (unpaired) electrons. The molecule has 110 valence electrons. The second-order valence-electron chi connectivity index (χ2n) is 5.70. The lowest BCUT2D eigenvalue weighted by Crippen LogP contribution is -2.29. The molecular formula is C18H26BrN. The summed E-state index contributed by atoms with van der Waals surface area (Å²) in [5.74, 6) is 0. The van der Waals surface area contributed by atoms with E-state index in [2.05, 4.69) is 64.2 Å². The van der Waals surface area contributed by atoms with Gasteiger partial charge >= 0.3 is 0 Å². The third-order valence-corrected chi connectivity index (χ3v) is 4.91. The molecule has 1 aromatic carbocycles. The summed E-state index contributed by atoms with van der Waals surface area (Å²) in [4.78, 5) is 2.61. The second-order valence-corrected chi connectivity index (χ2v) is 6.61. The van der Waals surface area contributed by atoms with Crippen LogP contribution in [0.2, 0.25) is 0 Å². The van der Waals surface area contributed by atoms with E-state index < -0.39 is 0 Å². The van der Waals surface area contributed by atoms with Crippen LogP contribution in [0, 0.1) is 0 Å². The molecular weight excluding hydrogens is 310 g/mol. The highest BCUT2D eigenvalue weighted by Gasteiger charge is 2.26. The summed E-state index contributed by atoms with van der Waals surface area (Å²) >= 11 is 3.83. The van der Waals surface area contributed by atoms with E-state index in [0.29, 0.717) is 6.04 Å². The quantitative estimate of drug-likeness (QED) is 0.594. The maximum atomic E-state index is 3.83. The Morgan fingerprint density at radius 1 is 1.30 bits per heavy atom. The van der Waals surface area contributed by atoms with Crippen LogP contribution in [0.15, 0.2) is 40.9 Å². The van der Waals surface area contributed by atoms with Crippen molar-refractivity contribution in [3.63, 3.8) is 0 Å². The molecule has 0 aliphatic carbocycles. The predicted molar refractivity (Wildman–Crippen MR) is 91.0 cm³/mol. The van der Waals surface area contributed by atoms with Gasteiger partial charge in [-0.1, -0.05) is 72.1 Å². The first-order valence-electron chi connectivity index (χ1n) is 7.94. The number of allylic oxidation sites excluding steroid dienone is 1. The molecule has 0 bridgehead atoms. The maximum Gasteiger partial charge on any atom is 0.0414 e. The fourth-order valence-electron chi connectivity index (χ4n) is 2.92. The van der Waals surface area contributed by atoms with Crippen LogP contribution in [0.4, 0.5) is 0 Å². The average molecular weight is 336 g/mol. The number of benzene rings is 1. The standard InChI is InChI=1S/C18H26BrN/c1-2-3-4-8-12-17(19)18-13-9-14-20(18)15-16-10-6-5-7-11-16/h5-7,10-12,18H,2-4,8-9,13-15H2,1H3/b17-12-. The van der Waals surface area contributed by atoms with E-state index in [1.165, 1.54) is 55.1 Å². The van der Waals surface area contributed by atoms with Crippen molar-refractivity contribution in [3.8, 4) is 0 Å². The summed E-state index contributed by atoms with van der Waals surface area (Å²) < 4.78 is 1.40. The number of likely N-dealkylation sites (tertiary alicyclic amines) is 1. The lowest BCUT2D eigenvalue weighted by Gasteiger charge is -2.24. The first kappa shape index (κ1) is 15.8. The molecule has 1 aliphatic rings. The molecule has 1 nitrogen and oxygen atoms in total. The Morgan fingerprint density at radius 2 is 2.10 bits per heavy atom. The van der Waals surface area contributed by atoms with Gasteiger partial charge in [-0.3, -0.25) is 4.90 Å². The van der Waals surface area contributed by atoms with Gasteiger partial charge < -0.3 is 0 Å². The molecule has 2 heteroatoms. The van der Waals surface area contributed by atoms with Crippen LogP contribution in [-0.4, -0.2) is 17.5 Å². The zero-order valence-corrected chi connectivity index (χ0v) is 14.1. The van der Waals surface area contributed by atoms with E-state index in [4.69, 9.17) is 0 Å². The van der Waals surface area contributed by atoms with Crippen LogP contribution in [0.3, 0.4) is 0 Å². The molecule has 2 rings (SSSR count). The lowest BCUT2D eigenvalue weighted by molar-refractivity contribution is 0.279. The van der Waals surface area contributed by atoms with E-state index in [0.717, 1.165) is 6.54 Å².